The summed E-state index contributed by atoms with van der Waals surface area (Å²) in [5.41, 5.74) is 0.787. The first-order valence-corrected chi connectivity index (χ1v) is 7.35. The van der Waals surface area contributed by atoms with Gasteiger partial charge in [-0.1, -0.05) is 31.4 Å². The fraction of sp³-hybridized carbons (Fsp3) is 0.562. The van der Waals surface area contributed by atoms with Gasteiger partial charge in [-0.3, -0.25) is 4.79 Å². The fourth-order valence-corrected chi connectivity index (χ4v) is 2.53. The molecule has 1 aromatic carbocycles. The normalized spacial score (nSPS) is 17.5. The van der Waals surface area contributed by atoms with Crippen LogP contribution >= 0.6 is 0 Å². The summed E-state index contributed by atoms with van der Waals surface area (Å²) in [6, 6.07) is 7.51. The van der Waals surface area contributed by atoms with Gasteiger partial charge in [-0.15, -0.1) is 0 Å². The average molecular weight is 277 g/mol. The maximum atomic E-state index is 11.8. The van der Waals surface area contributed by atoms with Gasteiger partial charge < -0.3 is 15.2 Å². The molecule has 0 saturated heterocycles. The maximum absolute atomic E-state index is 11.8. The zero-order valence-corrected chi connectivity index (χ0v) is 12.0. The lowest BCUT2D eigenvalue weighted by molar-refractivity contribution is -0.124. The van der Waals surface area contributed by atoms with Crippen molar-refractivity contribution in [2.75, 3.05) is 6.61 Å². The highest BCUT2D eigenvalue weighted by atomic mass is 16.5. The van der Waals surface area contributed by atoms with Crippen molar-refractivity contribution < 1.29 is 14.6 Å². The van der Waals surface area contributed by atoms with Crippen molar-refractivity contribution >= 4 is 5.91 Å². The summed E-state index contributed by atoms with van der Waals surface area (Å²) in [5, 5.41) is 12.5. The standard InChI is InChI=1S/C16H23NO3/c1-12(18)13-6-5-9-15(10-13)20-11-16(19)17-14-7-3-2-4-8-14/h5-6,9-10,12,14,18H,2-4,7-8,11H2,1H3,(H,17,19). The smallest absolute Gasteiger partial charge is 0.258 e. The highest BCUT2D eigenvalue weighted by Gasteiger charge is 2.15. The van der Waals surface area contributed by atoms with Crippen LogP contribution < -0.4 is 10.1 Å². The van der Waals surface area contributed by atoms with Crippen molar-refractivity contribution in [1.82, 2.24) is 5.32 Å². The molecule has 4 heteroatoms. The quantitative estimate of drug-likeness (QED) is 0.869. The first-order valence-electron chi connectivity index (χ1n) is 7.35. The lowest BCUT2D eigenvalue weighted by atomic mass is 9.95. The van der Waals surface area contributed by atoms with Crippen LogP contribution in [0.15, 0.2) is 24.3 Å². The van der Waals surface area contributed by atoms with E-state index in [4.69, 9.17) is 4.74 Å². The van der Waals surface area contributed by atoms with Gasteiger partial charge in [0.1, 0.15) is 5.75 Å². The van der Waals surface area contributed by atoms with Crippen LogP contribution in [0.1, 0.15) is 50.7 Å². The average Bonchev–Trinajstić information content (AvgIpc) is 2.46. The van der Waals surface area contributed by atoms with Crippen molar-refractivity contribution in [2.45, 2.75) is 51.2 Å². The molecule has 1 aliphatic rings. The van der Waals surface area contributed by atoms with Gasteiger partial charge in [0.25, 0.3) is 5.91 Å². The third-order valence-electron chi connectivity index (χ3n) is 3.68. The van der Waals surface area contributed by atoms with Gasteiger partial charge in [-0.05, 0) is 37.5 Å². The van der Waals surface area contributed by atoms with Crippen LogP contribution in [0, 0.1) is 0 Å². The summed E-state index contributed by atoms with van der Waals surface area (Å²) in [7, 11) is 0. The molecule has 20 heavy (non-hydrogen) atoms. The van der Waals surface area contributed by atoms with E-state index in [-0.39, 0.29) is 12.5 Å². The molecule has 0 bridgehead atoms. The molecule has 110 valence electrons. The predicted molar refractivity (Wildman–Crippen MR) is 77.6 cm³/mol. The van der Waals surface area contributed by atoms with E-state index in [9.17, 15) is 9.90 Å². The number of nitrogens with one attached hydrogen (secondary N) is 1. The number of rotatable bonds is 5. The molecule has 0 aromatic heterocycles. The van der Waals surface area contributed by atoms with E-state index in [1.807, 2.05) is 12.1 Å². The van der Waals surface area contributed by atoms with E-state index in [1.54, 1.807) is 19.1 Å². The van der Waals surface area contributed by atoms with Gasteiger partial charge in [0.15, 0.2) is 6.61 Å². The van der Waals surface area contributed by atoms with Crippen LogP contribution in [-0.4, -0.2) is 23.7 Å². The van der Waals surface area contributed by atoms with E-state index in [0.29, 0.717) is 11.8 Å². The maximum Gasteiger partial charge on any atom is 0.258 e. The largest absolute Gasteiger partial charge is 0.484 e. The number of aliphatic hydroxyl groups excluding tert-OH is 1. The Morgan fingerprint density at radius 1 is 1.40 bits per heavy atom. The molecule has 1 aromatic rings. The minimum atomic E-state index is -0.533. The van der Waals surface area contributed by atoms with Crippen molar-refractivity contribution in [3.05, 3.63) is 29.8 Å². The van der Waals surface area contributed by atoms with Crippen molar-refractivity contribution in [2.24, 2.45) is 0 Å². The molecule has 4 nitrogen and oxygen atoms in total. The summed E-state index contributed by atoms with van der Waals surface area (Å²) in [6.45, 7) is 1.73. The Balaban J connectivity index is 1.79. The minimum absolute atomic E-state index is 0.0275. The van der Waals surface area contributed by atoms with Crippen LogP contribution in [0.25, 0.3) is 0 Å². The zero-order valence-electron chi connectivity index (χ0n) is 12.0. The highest BCUT2D eigenvalue weighted by Crippen LogP contribution is 2.19. The molecule has 1 unspecified atom stereocenters. The SMILES string of the molecule is CC(O)c1cccc(OCC(=O)NC2CCCCC2)c1. The van der Waals surface area contributed by atoms with Crippen LogP contribution in [0.3, 0.4) is 0 Å². The summed E-state index contributed by atoms with van der Waals surface area (Å²) >= 11 is 0. The molecule has 2 rings (SSSR count). The Labute approximate surface area is 120 Å². The van der Waals surface area contributed by atoms with Crippen LogP contribution in [0.5, 0.6) is 5.75 Å². The number of aliphatic hydroxyl groups is 1. The number of benzene rings is 1. The molecular formula is C16H23NO3. The molecule has 0 aliphatic heterocycles. The van der Waals surface area contributed by atoms with Gasteiger partial charge >= 0.3 is 0 Å². The van der Waals surface area contributed by atoms with Gasteiger partial charge in [0.2, 0.25) is 0 Å². The van der Waals surface area contributed by atoms with Gasteiger partial charge in [-0.2, -0.15) is 0 Å². The number of amides is 1. The van der Waals surface area contributed by atoms with E-state index in [2.05, 4.69) is 5.32 Å². The summed E-state index contributed by atoms with van der Waals surface area (Å²) < 4.78 is 5.48. The second-order valence-electron chi connectivity index (χ2n) is 5.44. The van der Waals surface area contributed by atoms with Gasteiger partial charge in [0.05, 0.1) is 6.10 Å². The Morgan fingerprint density at radius 2 is 2.15 bits per heavy atom. The lowest BCUT2D eigenvalue weighted by Crippen LogP contribution is -2.38. The van der Waals surface area contributed by atoms with Crippen molar-refractivity contribution in [3.8, 4) is 5.75 Å². The predicted octanol–water partition coefficient (Wildman–Crippen LogP) is 2.57. The number of carbonyl (C=O) groups is 1. The van der Waals surface area contributed by atoms with Crippen LogP contribution in [-0.2, 0) is 4.79 Å². The van der Waals surface area contributed by atoms with E-state index in [0.717, 1.165) is 18.4 Å². The van der Waals surface area contributed by atoms with E-state index < -0.39 is 6.10 Å². The molecule has 0 spiro atoms. The molecule has 1 amide bonds. The monoisotopic (exact) mass is 277 g/mol. The van der Waals surface area contributed by atoms with Crippen molar-refractivity contribution in [3.63, 3.8) is 0 Å². The number of carbonyl (C=O) groups excluding carboxylic acids is 1. The summed E-state index contributed by atoms with van der Waals surface area (Å²) in [6.07, 6.45) is 5.28. The molecule has 1 fully saturated rings. The van der Waals surface area contributed by atoms with Gasteiger partial charge in [0, 0.05) is 6.04 Å². The van der Waals surface area contributed by atoms with E-state index >= 15 is 0 Å². The molecule has 1 atom stereocenters. The van der Waals surface area contributed by atoms with E-state index in [1.165, 1.54) is 19.3 Å². The zero-order chi connectivity index (χ0) is 14.4. The number of hydrogen-bond acceptors (Lipinski definition) is 3. The molecule has 1 aliphatic carbocycles. The molecule has 1 saturated carbocycles. The number of hydrogen-bond donors (Lipinski definition) is 2. The third kappa shape index (κ3) is 4.53. The van der Waals surface area contributed by atoms with Crippen LogP contribution in [0.4, 0.5) is 0 Å². The second-order valence-corrected chi connectivity index (χ2v) is 5.44. The topological polar surface area (TPSA) is 58.6 Å². The van der Waals surface area contributed by atoms with Crippen LogP contribution in [0.2, 0.25) is 0 Å². The van der Waals surface area contributed by atoms with Crippen molar-refractivity contribution in [1.29, 1.82) is 0 Å². The lowest BCUT2D eigenvalue weighted by Gasteiger charge is -2.22. The molecular weight excluding hydrogens is 254 g/mol. The molecule has 0 radical (unpaired) electrons. The summed E-state index contributed by atoms with van der Waals surface area (Å²) in [4.78, 5) is 11.8. The second kappa shape index (κ2) is 7.29. The Bertz CT molecular complexity index is 439. The first-order chi connectivity index (χ1) is 9.65. The highest BCUT2D eigenvalue weighted by molar-refractivity contribution is 5.77. The third-order valence-corrected chi connectivity index (χ3v) is 3.68. The molecule has 2 N–H and O–H groups in total. The summed E-state index contributed by atoms with van der Waals surface area (Å²) in [5.74, 6) is 0.543. The van der Waals surface area contributed by atoms with Gasteiger partial charge in [-0.25, -0.2) is 0 Å². The fourth-order valence-electron chi connectivity index (χ4n) is 2.53. The first kappa shape index (κ1) is 14.9. The number of ether oxygens (including phenoxy) is 1. The Hall–Kier alpha value is -1.55. The Kier molecular flexibility index (Phi) is 5.41. The molecule has 0 heterocycles. The Morgan fingerprint density at radius 3 is 2.85 bits per heavy atom. The minimum Gasteiger partial charge on any atom is -0.484 e.